The zero-order chi connectivity index (χ0) is 43.3. The van der Waals surface area contributed by atoms with E-state index >= 15 is 0 Å². The van der Waals surface area contributed by atoms with Crippen molar-refractivity contribution < 1.29 is 0 Å². The Morgan fingerprint density at radius 3 is 1.17 bits per heavy atom. The van der Waals surface area contributed by atoms with E-state index in [0.717, 1.165) is 17.1 Å². The standard InChI is InChI=1S/C64H45N/c1-63(2)60-40-46(50-23-15-24-56-53-22-11-14-27-59(53)64(62(50)56)57-25-12-9-20-51(57)52-21-10-13-26-58(52)64)32-38-54(60)55-39-37-49(41-61(55)63)65(47-33-28-44(29-34-47)42-16-5-3-6-17-42)48-35-30-45(31-36-48)43-18-7-4-8-19-43/h3-41H,1-2H3. The van der Waals surface area contributed by atoms with Crippen LogP contribution in [0.15, 0.2) is 237 Å². The largest absolute Gasteiger partial charge is 0.310 e. The van der Waals surface area contributed by atoms with Crippen LogP contribution in [0.4, 0.5) is 17.1 Å². The molecule has 306 valence electrons. The quantitative estimate of drug-likeness (QED) is 0.161. The molecule has 0 radical (unpaired) electrons. The molecular weight excluding hydrogens is 783 g/mol. The SMILES string of the molecule is CC1(C)c2cc(-c3cccc4c3C3(c5ccccc5-c5ccccc53)c3ccccc3-4)ccc2-c2ccc(N(c3ccc(-c4ccccc4)cc3)c3ccc(-c4ccccc4)cc3)cc21. The first-order valence-corrected chi connectivity index (χ1v) is 22.8. The first-order valence-electron chi connectivity index (χ1n) is 22.8. The van der Waals surface area contributed by atoms with Gasteiger partial charge in [-0.2, -0.15) is 0 Å². The molecule has 1 nitrogen and oxygen atoms in total. The van der Waals surface area contributed by atoms with Gasteiger partial charge in [-0.3, -0.25) is 0 Å². The Kier molecular flexibility index (Phi) is 8.24. The van der Waals surface area contributed by atoms with E-state index in [9.17, 15) is 0 Å². The van der Waals surface area contributed by atoms with E-state index < -0.39 is 5.41 Å². The second-order valence-electron chi connectivity index (χ2n) is 18.4. The van der Waals surface area contributed by atoms with Gasteiger partial charge in [0.2, 0.25) is 0 Å². The van der Waals surface area contributed by atoms with Crippen molar-refractivity contribution in [2.45, 2.75) is 24.7 Å². The van der Waals surface area contributed by atoms with Gasteiger partial charge in [-0.05, 0) is 143 Å². The van der Waals surface area contributed by atoms with Crippen molar-refractivity contribution in [1.29, 1.82) is 0 Å². The van der Waals surface area contributed by atoms with Crippen molar-refractivity contribution in [2.75, 3.05) is 4.90 Å². The second-order valence-corrected chi connectivity index (χ2v) is 18.4. The lowest BCUT2D eigenvalue weighted by Crippen LogP contribution is -2.26. The second kappa shape index (κ2) is 14.3. The number of hydrogen-bond donors (Lipinski definition) is 0. The molecule has 0 N–H and O–H groups in total. The van der Waals surface area contributed by atoms with Gasteiger partial charge in [0.1, 0.15) is 0 Å². The van der Waals surface area contributed by atoms with Crippen LogP contribution < -0.4 is 4.90 Å². The third-order valence-corrected chi connectivity index (χ3v) is 14.7. The average Bonchev–Trinajstić information content (AvgIpc) is 3.93. The van der Waals surface area contributed by atoms with Crippen molar-refractivity contribution in [2.24, 2.45) is 0 Å². The lowest BCUT2D eigenvalue weighted by molar-refractivity contribution is 0.660. The summed E-state index contributed by atoms with van der Waals surface area (Å²) in [7, 11) is 0. The van der Waals surface area contributed by atoms with Gasteiger partial charge >= 0.3 is 0 Å². The van der Waals surface area contributed by atoms with Gasteiger partial charge in [-0.15, -0.1) is 0 Å². The van der Waals surface area contributed by atoms with Crippen LogP contribution in [-0.2, 0) is 10.8 Å². The first-order chi connectivity index (χ1) is 32.0. The molecule has 0 saturated carbocycles. The summed E-state index contributed by atoms with van der Waals surface area (Å²) in [6.45, 7) is 4.82. The van der Waals surface area contributed by atoms with Gasteiger partial charge in [0.25, 0.3) is 0 Å². The Bertz CT molecular complexity index is 3340. The average molecular weight is 828 g/mol. The number of fused-ring (bicyclic) bond motifs is 13. The van der Waals surface area contributed by atoms with Crippen LogP contribution in [0, 0.1) is 0 Å². The van der Waals surface area contributed by atoms with Crippen LogP contribution in [0.25, 0.3) is 66.8 Å². The minimum atomic E-state index is -0.413. The highest BCUT2D eigenvalue weighted by molar-refractivity contribution is 5.99. The van der Waals surface area contributed by atoms with E-state index in [4.69, 9.17) is 0 Å². The highest BCUT2D eigenvalue weighted by Gasteiger charge is 2.52. The first kappa shape index (κ1) is 37.5. The van der Waals surface area contributed by atoms with Crippen molar-refractivity contribution in [1.82, 2.24) is 0 Å². The molecule has 0 bridgehead atoms. The molecule has 0 fully saturated rings. The zero-order valence-electron chi connectivity index (χ0n) is 36.5. The topological polar surface area (TPSA) is 3.24 Å². The summed E-state index contributed by atoms with van der Waals surface area (Å²) in [6, 6.07) is 88.0. The van der Waals surface area contributed by atoms with Crippen molar-refractivity contribution >= 4 is 17.1 Å². The maximum Gasteiger partial charge on any atom is 0.0731 e. The van der Waals surface area contributed by atoms with Gasteiger partial charge in [0.05, 0.1) is 5.41 Å². The van der Waals surface area contributed by atoms with Gasteiger partial charge in [-0.1, -0.05) is 208 Å². The molecule has 0 amide bonds. The van der Waals surface area contributed by atoms with Crippen LogP contribution in [0.1, 0.15) is 47.2 Å². The number of benzene rings is 10. The molecule has 3 aliphatic carbocycles. The van der Waals surface area contributed by atoms with Gasteiger partial charge in [0.15, 0.2) is 0 Å². The molecular formula is C64H45N. The summed E-state index contributed by atoms with van der Waals surface area (Å²) in [5.41, 5.74) is 26.3. The molecule has 1 spiro atoms. The van der Waals surface area contributed by atoms with E-state index in [1.807, 2.05) is 0 Å². The third kappa shape index (κ3) is 5.46. The van der Waals surface area contributed by atoms with Crippen molar-refractivity contribution in [3.05, 3.63) is 270 Å². The zero-order valence-corrected chi connectivity index (χ0v) is 36.5. The normalized spacial score (nSPS) is 13.9. The lowest BCUT2D eigenvalue weighted by atomic mass is 9.68. The van der Waals surface area contributed by atoms with Gasteiger partial charge in [0, 0.05) is 22.5 Å². The van der Waals surface area contributed by atoms with Crippen molar-refractivity contribution in [3.8, 4) is 66.8 Å². The van der Waals surface area contributed by atoms with Gasteiger partial charge in [-0.25, -0.2) is 0 Å². The Labute approximate surface area is 381 Å². The monoisotopic (exact) mass is 827 g/mol. The number of rotatable bonds is 6. The van der Waals surface area contributed by atoms with E-state index in [2.05, 4.69) is 255 Å². The van der Waals surface area contributed by atoms with Crippen molar-refractivity contribution in [3.63, 3.8) is 0 Å². The Balaban J connectivity index is 0.936. The number of anilines is 3. The Morgan fingerprint density at radius 1 is 0.262 bits per heavy atom. The van der Waals surface area contributed by atoms with Crippen LogP contribution >= 0.6 is 0 Å². The molecule has 13 rings (SSSR count). The maximum atomic E-state index is 2.51. The molecule has 3 aliphatic rings. The predicted octanol–water partition coefficient (Wildman–Crippen LogP) is 16.8. The summed E-state index contributed by atoms with van der Waals surface area (Å²) in [5, 5.41) is 0. The van der Waals surface area contributed by atoms with Crippen LogP contribution in [-0.4, -0.2) is 0 Å². The molecule has 0 unspecified atom stereocenters. The summed E-state index contributed by atoms with van der Waals surface area (Å²) < 4.78 is 0. The predicted molar refractivity (Wildman–Crippen MR) is 271 cm³/mol. The fourth-order valence-corrected chi connectivity index (χ4v) is 11.7. The summed E-state index contributed by atoms with van der Waals surface area (Å²) >= 11 is 0. The van der Waals surface area contributed by atoms with E-state index in [0.29, 0.717) is 0 Å². The smallest absolute Gasteiger partial charge is 0.0731 e. The molecule has 10 aromatic carbocycles. The molecule has 10 aromatic rings. The fraction of sp³-hybridized carbons (Fsp3) is 0.0625. The maximum absolute atomic E-state index is 2.51. The Morgan fingerprint density at radius 2 is 0.631 bits per heavy atom. The number of nitrogens with zero attached hydrogens (tertiary/aromatic N) is 1. The minimum absolute atomic E-state index is 0.248. The van der Waals surface area contributed by atoms with Gasteiger partial charge < -0.3 is 4.90 Å². The summed E-state index contributed by atoms with van der Waals surface area (Å²) in [5.74, 6) is 0. The molecule has 0 aliphatic heterocycles. The van der Waals surface area contributed by atoms with Crippen LogP contribution in [0.2, 0.25) is 0 Å². The highest BCUT2D eigenvalue weighted by Crippen LogP contribution is 2.64. The number of hydrogen-bond acceptors (Lipinski definition) is 1. The van der Waals surface area contributed by atoms with E-state index in [1.165, 1.54) is 100 Å². The summed E-state index contributed by atoms with van der Waals surface area (Å²) in [6.07, 6.45) is 0. The summed E-state index contributed by atoms with van der Waals surface area (Å²) in [4.78, 5) is 2.41. The molecule has 1 heteroatoms. The molecule has 0 atom stereocenters. The molecule has 0 saturated heterocycles. The minimum Gasteiger partial charge on any atom is -0.310 e. The lowest BCUT2D eigenvalue weighted by Gasteiger charge is -2.32. The van der Waals surface area contributed by atoms with E-state index in [1.54, 1.807) is 0 Å². The van der Waals surface area contributed by atoms with E-state index in [-0.39, 0.29) is 5.41 Å². The highest BCUT2D eigenvalue weighted by atomic mass is 15.1. The molecule has 65 heavy (non-hydrogen) atoms. The Hall–Kier alpha value is -8.00. The van der Waals surface area contributed by atoms with Crippen LogP contribution in [0.5, 0.6) is 0 Å². The molecule has 0 aromatic heterocycles. The fourth-order valence-electron chi connectivity index (χ4n) is 11.7. The third-order valence-electron chi connectivity index (χ3n) is 14.7. The van der Waals surface area contributed by atoms with Crippen LogP contribution in [0.3, 0.4) is 0 Å². The molecule has 0 heterocycles.